The van der Waals surface area contributed by atoms with E-state index in [0.717, 1.165) is 11.3 Å². The van der Waals surface area contributed by atoms with Crippen molar-refractivity contribution < 1.29 is 9.90 Å². The number of Topliss-reactive ketones (excluding diaryl/α,β-unsaturated/α-hetero) is 1. The lowest BCUT2D eigenvalue weighted by Crippen LogP contribution is -2.28. The molecule has 0 saturated heterocycles. The Balaban J connectivity index is 1.68. The Morgan fingerprint density at radius 1 is 1.03 bits per heavy atom. The molecule has 4 N–H and O–H groups in total. The van der Waals surface area contributed by atoms with Crippen LogP contribution in [0, 0.1) is 0 Å². The lowest BCUT2D eigenvalue weighted by Gasteiger charge is -2.17. The average Bonchev–Trinajstić information content (AvgIpc) is 2.83. The highest BCUT2D eigenvalue weighted by Crippen LogP contribution is 2.27. The van der Waals surface area contributed by atoms with Crippen molar-refractivity contribution in [2.75, 3.05) is 11.1 Å². The van der Waals surface area contributed by atoms with Crippen LogP contribution in [0.2, 0.25) is 0 Å². The standard InChI is InChI=1S/C27H25N3O3/c1-30-23-10-6-5-9-22(23)26(32)25(27(30)33)24(31)17-21(14-11-18-7-3-2-4-8-18)29-20-15-12-19(28)13-16-20/h2-16,21,29,32H,17,28H2,1H3. The summed E-state index contributed by atoms with van der Waals surface area (Å²) < 4.78 is 1.39. The number of nitrogens with zero attached hydrogens (tertiary/aromatic N) is 1. The molecule has 4 aromatic rings. The molecule has 1 heterocycles. The van der Waals surface area contributed by atoms with Gasteiger partial charge in [-0.05, 0) is 42.0 Å². The van der Waals surface area contributed by atoms with Crippen LogP contribution in [-0.4, -0.2) is 21.5 Å². The summed E-state index contributed by atoms with van der Waals surface area (Å²) >= 11 is 0. The quantitative estimate of drug-likeness (QED) is 0.289. The highest BCUT2D eigenvalue weighted by Gasteiger charge is 2.23. The van der Waals surface area contributed by atoms with E-state index in [0.29, 0.717) is 16.6 Å². The van der Waals surface area contributed by atoms with Gasteiger partial charge in [-0.25, -0.2) is 0 Å². The van der Waals surface area contributed by atoms with Crippen LogP contribution >= 0.6 is 0 Å². The highest BCUT2D eigenvalue weighted by atomic mass is 16.3. The Bertz CT molecular complexity index is 1370. The van der Waals surface area contributed by atoms with Crippen molar-refractivity contribution in [2.45, 2.75) is 12.5 Å². The molecule has 33 heavy (non-hydrogen) atoms. The molecule has 0 amide bonds. The first-order chi connectivity index (χ1) is 15.9. The van der Waals surface area contributed by atoms with Gasteiger partial charge in [0.15, 0.2) is 5.78 Å². The zero-order valence-electron chi connectivity index (χ0n) is 18.2. The minimum Gasteiger partial charge on any atom is -0.506 e. The van der Waals surface area contributed by atoms with Crippen LogP contribution in [0.4, 0.5) is 11.4 Å². The predicted octanol–water partition coefficient (Wildman–Crippen LogP) is 4.59. The Kier molecular flexibility index (Phi) is 6.26. The second-order valence-corrected chi connectivity index (χ2v) is 7.87. The molecule has 6 nitrogen and oxygen atoms in total. The third-order valence-corrected chi connectivity index (χ3v) is 5.54. The van der Waals surface area contributed by atoms with Crippen LogP contribution in [-0.2, 0) is 7.05 Å². The van der Waals surface area contributed by atoms with Gasteiger partial charge in [0, 0.05) is 30.2 Å². The zero-order chi connectivity index (χ0) is 23.4. The van der Waals surface area contributed by atoms with Crippen LogP contribution in [0.1, 0.15) is 22.3 Å². The number of nitrogens with one attached hydrogen (secondary N) is 1. The van der Waals surface area contributed by atoms with Gasteiger partial charge in [-0.15, -0.1) is 0 Å². The van der Waals surface area contributed by atoms with Crippen LogP contribution in [0.5, 0.6) is 5.75 Å². The van der Waals surface area contributed by atoms with Crippen molar-refractivity contribution in [1.29, 1.82) is 0 Å². The number of hydrogen-bond donors (Lipinski definition) is 3. The number of aryl methyl sites for hydroxylation is 1. The first kappa shape index (κ1) is 21.9. The Labute approximate surface area is 191 Å². The maximum atomic E-state index is 13.3. The van der Waals surface area contributed by atoms with Gasteiger partial charge in [-0.3, -0.25) is 9.59 Å². The SMILES string of the molecule is Cn1c(=O)c(C(=O)CC(C=Cc2ccccc2)Nc2ccc(N)cc2)c(O)c2ccccc21. The lowest BCUT2D eigenvalue weighted by atomic mass is 10.0. The van der Waals surface area contributed by atoms with Crippen molar-refractivity contribution in [3.05, 3.63) is 106 Å². The summed E-state index contributed by atoms with van der Waals surface area (Å²) in [5, 5.41) is 14.6. The molecule has 1 unspecified atom stereocenters. The van der Waals surface area contributed by atoms with Gasteiger partial charge in [-0.2, -0.15) is 0 Å². The Hall–Kier alpha value is -4.32. The van der Waals surface area contributed by atoms with Crippen molar-refractivity contribution in [3.8, 4) is 5.75 Å². The summed E-state index contributed by atoms with van der Waals surface area (Å²) in [6, 6.07) is 23.5. The molecule has 0 saturated carbocycles. The van der Waals surface area contributed by atoms with Gasteiger partial charge < -0.3 is 20.7 Å². The van der Waals surface area contributed by atoms with E-state index in [9.17, 15) is 14.7 Å². The summed E-state index contributed by atoms with van der Waals surface area (Å²) in [4.78, 5) is 26.2. The van der Waals surface area contributed by atoms with E-state index in [-0.39, 0.29) is 17.7 Å². The summed E-state index contributed by atoms with van der Waals surface area (Å²) in [6.07, 6.45) is 3.78. The fourth-order valence-corrected chi connectivity index (χ4v) is 3.78. The number of nitrogens with two attached hydrogens (primary N) is 1. The molecular weight excluding hydrogens is 414 g/mol. The molecule has 166 valence electrons. The van der Waals surface area contributed by atoms with E-state index < -0.39 is 17.4 Å². The number of pyridine rings is 1. The molecule has 0 aliphatic rings. The van der Waals surface area contributed by atoms with Gasteiger partial charge in [0.05, 0.1) is 11.6 Å². The van der Waals surface area contributed by atoms with Crippen molar-refractivity contribution >= 4 is 34.1 Å². The summed E-state index contributed by atoms with van der Waals surface area (Å²) in [5.41, 5.74) is 8.04. The van der Waals surface area contributed by atoms with Crippen LogP contribution in [0.15, 0.2) is 89.7 Å². The van der Waals surface area contributed by atoms with E-state index in [1.807, 2.05) is 54.6 Å². The van der Waals surface area contributed by atoms with E-state index in [1.54, 1.807) is 43.4 Å². The maximum absolute atomic E-state index is 13.3. The number of rotatable bonds is 7. The number of benzene rings is 3. The van der Waals surface area contributed by atoms with E-state index in [1.165, 1.54) is 4.57 Å². The summed E-state index contributed by atoms with van der Waals surface area (Å²) in [7, 11) is 1.60. The first-order valence-corrected chi connectivity index (χ1v) is 10.6. The number of ketones is 1. The molecule has 6 heteroatoms. The Morgan fingerprint density at radius 3 is 2.42 bits per heavy atom. The molecule has 0 fully saturated rings. The monoisotopic (exact) mass is 439 g/mol. The lowest BCUT2D eigenvalue weighted by molar-refractivity contribution is 0.0976. The normalized spacial score (nSPS) is 12.2. The molecule has 0 spiro atoms. The van der Waals surface area contributed by atoms with Gasteiger partial charge >= 0.3 is 0 Å². The smallest absolute Gasteiger partial charge is 0.265 e. The molecule has 0 radical (unpaired) electrons. The third-order valence-electron chi connectivity index (χ3n) is 5.54. The number of nitrogen functional groups attached to an aromatic ring is 1. The highest BCUT2D eigenvalue weighted by molar-refractivity contribution is 6.04. The fourth-order valence-electron chi connectivity index (χ4n) is 3.78. The second kappa shape index (κ2) is 9.44. The number of aromatic hydroxyl groups is 1. The molecule has 3 aromatic carbocycles. The van der Waals surface area contributed by atoms with E-state index in [4.69, 9.17) is 5.73 Å². The topological polar surface area (TPSA) is 97.4 Å². The number of carbonyl (C=O) groups excluding carboxylic acids is 1. The van der Waals surface area contributed by atoms with Gasteiger partial charge in [0.2, 0.25) is 0 Å². The first-order valence-electron chi connectivity index (χ1n) is 10.6. The third kappa shape index (κ3) is 4.80. The number of anilines is 2. The number of aromatic nitrogens is 1. The summed E-state index contributed by atoms with van der Waals surface area (Å²) in [6.45, 7) is 0. The average molecular weight is 440 g/mol. The molecule has 0 aliphatic heterocycles. The zero-order valence-corrected chi connectivity index (χ0v) is 18.2. The Morgan fingerprint density at radius 2 is 1.70 bits per heavy atom. The molecule has 1 aromatic heterocycles. The van der Waals surface area contributed by atoms with E-state index >= 15 is 0 Å². The van der Waals surface area contributed by atoms with Crippen LogP contribution in [0.3, 0.4) is 0 Å². The molecular formula is C27H25N3O3. The fraction of sp³-hybridized carbons (Fsp3) is 0.111. The number of fused-ring (bicyclic) bond motifs is 1. The van der Waals surface area contributed by atoms with Crippen LogP contribution < -0.4 is 16.6 Å². The van der Waals surface area contributed by atoms with Crippen molar-refractivity contribution in [2.24, 2.45) is 7.05 Å². The van der Waals surface area contributed by atoms with Gasteiger partial charge in [0.25, 0.3) is 5.56 Å². The molecule has 0 bridgehead atoms. The minimum atomic E-state index is -0.519. The van der Waals surface area contributed by atoms with Crippen molar-refractivity contribution in [1.82, 2.24) is 4.57 Å². The van der Waals surface area contributed by atoms with Gasteiger partial charge in [-0.1, -0.05) is 54.6 Å². The molecule has 0 aliphatic carbocycles. The molecule has 1 atom stereocenters. The molecule has 4 rings (SSSR count). The van der Waals surface area contributed by atoms with Gasteiger partial charge in [0.1, 0.15) is 11.3 Å². The minimum absolute atomic E-state index is 0.0190. The second-order valence-electron chi connectivity index (χ2n) is 7.87. The van der Waals surface area contributed by atoms with Crippen molar-refractivity contribution in [3.63, 3.8) is 0 Å². The largest absolute Gasteiger partial charge is 0.506 e. The number of hydrogen-bond acceptors (Lipinski definition) is 5. The maximum Gasteiger partial charge on any atom is 0.265 e. The van der Waals surface area contributed by atoms with E-state index in [2.05, 4.69) is 5.32 Å². The summed E-state index contributed by atoms with van der Waals surface area (Å²) in [5.74, 6) is -0.721. The predicted molar refractivity (Wildman–Crippen MR) is 134 cm³/mol. The number of para-hydroxylation sites is 1. The van der Waals surface area contributed by atoms with Crippen LogP contribution in [0.25, 0.3) is 17.0 Å². The number of carbonyl (C=O) groups is 1.